The number of hydrogen-bond donors (Lipinski definition) is 1. The average Bonchev–Trinajstić information content (AvgIpc) is 2.55. The van der Waals surface area contributed by atoms with E-state index in [1.54, 1.807) is 24.3 Å². The van der Waals surface area contributed by atoms with E-state index < -0.39 is 0 Å². The van der Waals surface area contributed by atoms with Gasteiger partial charge >= 0.3 is 0 Å². The van der Waals surface area contributed by atoms with E-state index in [4.69, 9.17) is 32.7 Å². The van der Waals surface area contributed by atoms with Crippen LogP contribution in [0.3, 0.4) is 0 Å². The topological polar surface area (TPSA) is 47.6 Å². The molecule has 23 heavy (non-hydrogen) atoms. The zero-order valence-electron chi connectivity index (χ0n) is 12.9. The lowest BCUT2D eigenvalue weighted by Crippen LogP contribution is -2.22. The molecule has 0 spiro atoms. The SMILES string of the molecule is CCOc1c(Cl)cc(C(=O)NCc2ccc(Cl)cc2)cc1OC. The minimum Gasteiger partial charge on any atom is -0.493 e. The predicted molar refractivity (Wildman–Crippen MR) is 91.8 cm³/mol. The highest BCUT2D eigenvalue weighted by atomic mass is 35.5. The number of amides is 1. The molecule has 2 aromatic rings. The standard InChI is InChI=1S/C17H17Cl2NO3/c1-3-23-16-14(19)8-12(9-15(16)22-2)17(21)20-10-11-4-6-13(18)7-5-11/h4-9H,3,10H2,1-2H3,(H,20,21). The molecule has 0 heterocycles. The molecule has 0 saturated heterocycles. The van der Waals surface area contributed by atoms with Crippen LogP contribution in [-0.4, -0.2) is 19.6 Å². The summed E-state index contributed by atoms with van der Waals surface area (Å²) in [5.41, 5.74) is 1.36. The molecule has 0 aliphatic heterocycles. The Hall–Kier alpha value is -1.91. The number of hydrogen-bond acceptors (Lipinski definition) is 3. The minimum absolute atomic E-state index is 0.247. The Labute approximate surface area is 145 Å². The third-order valence-corrected chi connectivity index (χ3v) is 3.68. The Morgan fingerprint density at radius 3 is 2.48 bits per heavy atom. The maximum Gasteiger partial charge on any atom is 0.251 e. The molecule has 0 aliphatic rings. The van der Waals surface area contributed by atoms with Crippen LogP contribution >= 0.6 is 23.2 Å². The van der Waals surface area contributed by atoms with Crippen LogP contribution in [0.5, 0.6) is 11.5 Å². The maximum atomic E-state index is 12.3. The fourth-order valence-corrected chi connectivity index (χ4v) is 2.41. The fraction of sp³-hybridized carbons (Fsp3) is 0.235. The van der Waals surface area contributed by atoms with Crippen molar-refractivity contribution in [3.63, 3.8) is 0 Å². The molecular formula is C17H17Cl2NO3. The average molecular weight is 354 g/mol. The smallest absolute Gasteiger partial charge is 0.251 e. The van der Waals surface area contributed by atoms with E-state index in [1.165, 1.54) is 7.11 Å². The summed E-state index contributed by atoms with van der Waals surface area (Å²) in [5, 5.41) is 3.82. The lowest BCUT2D eigenvalue weighted by Gasteiger charge is -2.13. The van der Waals surface area contributed by atoms with Gasteiger partial charge in [0.1, 0.15) is 0 Å². The number of nitrogens with one attached hydrogen (secondary N) is 1. The Kier molecular flexibility index (Phi) is 6.13. The van der Waals surface area contributed by atoms with Gasteiger partial charge in [-0.05, 0) is 36.8 Å². The molecular weight excluding hydrogens is 337 g/mol. The molecule has 2 aromatic carbocycles. The van der Waals surface area contributed by atoms with Gasteiger partial charge in [0.05, 0.1) is 18.7 Å². The number of rotatable bonds is 6. The lowest BCUT2D eigenvalue weighted by molar-refractivity contribution is 0.0950. The predicted octanol–water partition coefficient (Wildman–Crippen LogP) is 4.33. The van der Waals surface area contributed by atoms with Gasteiger partial charge in [0.25, 0.3) is 5.91 Å². The normalized spacial score (nSPS) is 10.3. The minimum atomic E-state index is -0.247. The van der Waals surface area contributed by atoms with Crippen LogP contribution in [0, 0.1) is 0 Å². The van der Waals surface area contributed by atoms with Crippen molar-refractivity contribution in [3.8, 4) is 11.5 Å². The quantitative estimate of drug-likeness (QED) is 0.840. The van der Waals surface area contributed by atoms with Crippen molar-refractivity contribution in [1.29, 1.82) is 0 Å². The third-order valence-electron chi connectivity index (χ3n) is 3.15. The molecule has 2 rings (SSSR count). The molecule has 0 radical (unpaired) electrons. The van der Waals surface area contributed by atoms with E-state index >= 15 is 0 Å². The largest absolute Gasteiger partial charge is 0.493 e. The van der Waals surface area contributed by atoms with Crippen LogP contribution in [0.15, 0.2) is 36.4 Å². The zero-order chi connectivity index (χ0) is 16.8. The highest BCUT2D eigenvalue weighted by Gasteiger charge is 2.15. The van der Waals surface area contributed by atoms with Gasteiger partial charge in [0, 0.05) is 17.1 Å². The first kappa shape index (κ1) is 17.4. The van der Waals surface area contributed by atoms with E-state index in [0.717, 1.165) is 5.56 Å². The number of halogens is 2. The second kappa shape index (κ2) is 8.09. The van der Waals surface area contributed by atoms with Crippen molar-refractivity contribution in [2.75, 3.05) is 13.7 Å². The van der Waals surface area contributed by atoms with E-state index in [-0.39, 0.29) is 5.91 Å². The van der Waals surface area contributed by atoms with Crippen molar-refractivity contribution in [2.24, 2.45) is 0 Å². The van der Waals surface area contributed by atoms with Crippen molar-refractivity contribution in [1.82, 2.24) is 5.32 Å². The van der Waals surface area contributed by atoms with Gasteiger partial charge in [0.2, 0.25) is 0 Å². The first-order chi connectivity index (χ1) is 11.0. The van der Waals surface area contributed by atoms with Gasteiger partial charge in [-0.2, -0.15) is 0 Å². The summed E-state index contributed by atoms with van der Waals surface area (Å²) in [7, 11) is 1.50. The van der Waals surface area contributed by atoms with Gasteiger partial charge in [0.15, 0.2) is 11.5 Å². The molecule has 0 atom stereocenters. The van der Waals surface area contributed by atoms with Gasteiger partial charge in [-0.1, -0.05) is 35.3 Å². The van der Waals surface area contributed by atoms with Crippen LogP contribution in [0.2, 0.25) is 10.0 Å². The summed E-state index contributed by atoms with van der Waals surface area (Å²) < 4.78 is 10.7. The Morgan fingerprint density at radius 2 is 1.87 bits per heavy atom. The monoisotopic (exact) mass is 353 g/mol. The molecule has 0 saturated carbocycles. The molecule has 0 unspecified atom stereocenters. The number of benzene rings is 2. The highest BCUT2D eigenvalue weighted by molar-refractivity contribution is 6.32. The number of ether oxygens (including phenoxy) is 2. The molecule has 1 N–H and O–H groups in total. The Bertz CT molecular complexity index is 687. The Balaban J connectivity index is 2.12. The van der Waals surface area contributed by atoms with E-state index in [9.17, 15) is 4.79 Å². The second-order valence-electron chi connectivity index (χ2n) is 4.73. The highest BCUT2D eigenvalue weighted by Crippen LogP contribution is 2.36. The number of carbonyl (C=O) groups excluding carboxylic acids is 1. The van der Waals surface area contributed by atoms with Crippen LogP contribution in [0.1, 0.15) is 22.8 Å². The second-order valence-corrected chi connectivity index (χ2v) is 5.58. The van der Waals surface area contributed by atoms with Crippen molar-refractivity contribution in [3.05, 3.63) is 57.6 Å². The van der Waals surface area contributed by atoms with Gasteiger partial charge in [-0.3, -0.25) is 4.79 Å². The molecule has 122 valence electrons. The van der Waals surface area contributed by atoms with Crippen LogP contribution < -0.4 is 14.8 Å². The summed E-state index contributed by atoms with van der Waals surface area (Å²) in [6.45, 7) is 2.70. The summed E-state index contributed by atoms with van der Waals surface area (Å²) >= 11 is 12.0. The van der Waals surface area contributed by atoms with E-state index in [1.807, 2.05) is 19.1 Å². The number of methoxy groups -OCH3 is 1. The Morgan fingerprint density at radius 1 is 1.17 bits per heavy atom. The molecule has 0 aliphatic carbocycles. The molecule has 0 fully saturated rings. The van der Waals surface area contributed by atoms with Crippen molar-refractivity contribution < 1.29 is 14.3 Å². The molecule has 1 amide bonds. The third kappa shape index (κ3) is 4.53. The van der Waals surface area contributed by atoms with Crippen molar-refractivity contribution >= 4 is 29.1 Å². The van der Waals surface area contributed by atoms with Gasteiger partial charge in [-0.15, -0.1) is 0 Å². The van der Waals surface area contributed by atoms with Crippen molar-refractivity contribution in [2.45, 2.75) is 13.5 Å². The van der Waals surface area contributed by atoms with Crippen LogP contribution in [0.4, 0.5) is 0 Å². The first-order valence-electron chi connectivity index (χ1n) is 7.08. The zero-order valence-corrected chi connectivity index (χ0v) is 14.4. The number of carbonyl (C=O) groups is 1. The summed E-state index contributed by atoms with van der Waals surface area (Å²) in [5.74, 6) is 0.616. The van der Waals surface area contributed by atoms with Crippen LogP contribution in [-0.2, 0) is 6.54 Å². The van der Waals surface area contributed by atoms with Gasteiger partial charge in [-0.25, -0.2) is 0 Å². The maximum absolute atomic E-state index is 12.3. The molecule has 6 heteroatoms. The fourth-order valence-electron chi connectivity index (χ4n) is 2.02. The summed E-state index contributed by atoms with van der Waals surface area (Å²) in [6.07, 6.45) is 0. The summed E-state index contributed by atoms with van der Waals surface area (Å²) in [6, 6.07) is 10.4. The lowest BCUT2D eigenvalue weighted by atomic mass is 10.1. The summed E-state index contributed by atoms with van der Waals surface area (Å²) in [4.78, 5) is 12.3. The molecule has 4 nitrogen and oxygen atoms in total. The van der Waals surface area contributed by atoms with E-state index in [2.05, 4.69) is 5.32 Å². The molecule has 0 bridgehead atoms. The van der Waals surface area contributed by atoms with Gasteiger partial charge < -0.3 is 14.8 Å². The molecule has 0 aromatic heterocycles. The van der Waals surface area contributed by atoms with Crippen LogP contribution in [0.25, 0.3) is 0 Å². The first-order valence-corrected chi connectivity index (χ1v) is 7.83. The van der Waals surface area contributed by atoms with E-state index in [0.29, 0.717) is 40.3 Å².